The van der Waals surface area contributed by atoms with Gasteiger partial charge in [0.05, 0.1) is 10.3 Å². The highest BCUT2D eigenvalue weighted by molar-refractivity contribution is 7.13. The van der Waals surface area contributed by atoms with Crippen LogP contribution >= 0.6 is 11.3 Å². The second kappa shape index (κ2) is 4.13. The summed E-state index contributed by atoms with van der Waals surface area (Å²) < 4.78 is 5.58. The monoisotopic (exact) mass is 274 g/mol. The Hall–Kier alpha value is -2.27. The maximum absolute atomic E-state index is 12.1. The van der Waals surface area contributed by atoms with Crippen LogP contribution in [0.5, 0.6) is 11.5 Å². The number of phenolic OH excluding ortho intramolecular Hbond substituents is 1. The first-order chi connectivity index (χ1) is 9.06. The summed E-state index contributed by atoms with van der Waals surface area (Å²) in [5.74, 6) is -0.305. The van der Waals surface area contributed by atoms with Crippen LogP contribution in [0.25, 0.3) is 21.6 Å². The normalized spacial score (nSPS) is 11.0. The van der Waals surface area contributed by atoms with Crippen LogP contribution in [0.1, 0.15) is 5.56 Å². The molecule has 0 spiro atoms. The molecule has 0 aliphatic rings. The molecule has 0 unspecified atom stereocenters. The second-order valence-corrected chi connectivity index (χ2v) is 5.19. The molecule has 0 radical (unpaired) electrons. The lowest BCUT2D eigenvalue weighted by Crippen LogP contribution is -2.01. The molecule has 0 fully saturated rings. The van der Waals surface area contributed by atoms with Gasteiger partial charge in [-0.05, 0) is 42.1 Å². The third-order valence-corrected chi connectivity index (χ3v) is 3.85. The van der Waals surface area contributed by atoms with Gasteiger partial charge < -0.3 is 14.6 Å². The SMILES string of the molecule is Cc1csc(-c2oc3ccc(O)cc3c(=O)c2O)c1. The van der Waals surface area contributed by atoms with Gasteiger partial charge in [-0.1, -0.05) is 0 Å². The molecule has 4 nitrogen and oxygen atoms in total. The number of rotatable bonds is 1. The zero-order valence-corrected chi connectivity index (χ0v) is 10.8. The first-order valence-corrected chi connectivity index (χ1v) is 6.48. The van der Waals surface area contributed by atoms with Gasteiger partial charge in [-0.25, -0.2) is 0 Å². The molecule has 0 aliphatic heterocycles. The Morgan fingerprint density at radius 2 is 2.00 bits per heavy atom. The molecule has 1 aromatic carbocycles. The number of hydrogen-bond acceptors (Lipinski definition) is 5. The summed E-state index contributed by atoms with van der Waals surface area (Å²) in [6.45, 7) is 1.92. The summed E-state index contributed by atoms with van der Waals surface area (Å²) in [6.07, 6.45) is 0. The Labute approximate surface area is 112 Å². The molecule has 96 valence electrons. The molecule has 0 atom stereocenters. The van der Waals surface area contributed by atoms with Gasteiger partial charge in [0.1, 0.15) is 11.3 Å². The summed E-state index contributed by atoms with van der Waals surface area (Å²) in [6, 6.07) is 6.07. The van der Waals surface area contributed by atoms with Gasteiger partial charge in [0.15, 0.2) is 5.76 Å². The fourth-order valence-corrected chi connectivity index (χ4v) is 2.77. The van der Waals surface area contributed by atoms with E-state index in [0.717, 1.165) is 5.56 Å². The van der Waals surface area contributed by atoms with Gasteiger partial charge in [-0.15, -0.1) is 11.3 Å². The van der Waals surface area contributed by atoms with Crippen LogP contribution in [-0.4, -0.2) is 10.2 Å². The van der Waals surface area contributed by atoms with Crippen molar-refractivity contribution < 1.29 is 14.6 Å². The minimum absolute atomic E-state index is 0.0427. The molecule has 3 rings (SSSR count). The average Bonchev–Trinajstić information content (AvgIpc) is 2.81. The molecular formula is C14H10O4S. The van der Waals surface area contributed by atoms with Crippen molar-refractivity contribution >= 4 is 22.3 Å². The molecule has 0 aliphatic carbocycles. The number of aryl methyl sites for hydroxylation is 1. The Kier molecular flexibility index (Phi) is 2.57. The van der Waals surface area contributed by atoms with E-state index in [9.17, 15) is 15.0 Å². The lowest BCUT2D eigenvalue weighted by Gasteiger charge is -2.04. The number of aromatic hydroxyl groups is 2. The van der Waals surface area contributed by atoms with E-state index in [0.29, 0.717) is 10.5 Å². The van der Waals surface area contributed by atoms with Crippen molar-refractivity contribution in [3.05, 3.63) is 45.4 Å². The van der Waals surface area contributed by atoms with Crippen molar-refractivity contribution in [1.29, 1.82) is 0 Å². The Morgan fingerprint density at radius 3 is 2.68 bits per heavy atom. The van der Waals surface area contributed by atoms with Crippen LogP contribution in [0.4, 0.5) is 0 Å². The lowest BCUT2D eigenvalue weighted by molar-refractivity contribution is 0.449. The number of hydrogen-bond donors (Lipinski definition) is 2. The van der Waals surface area contributed by atoms with Crippen LogP contribution in [0.15, 0.2) is 38.9 Å². The van der Waals surface area contributed by atoms with Gasteiger partial charge in [0.25, 0.3) is 0 Å². The maximum atomic E-state index is 12.1. The fourth-order valence-electron chi connectivity index (χ4n) is 1.89. The number of fused-ring (bicyclic) bond motifs is 1. The fraction of sp³-hybridized carbons (Fsp3) is 0.0714. The predicted octanol–water partition coefficient (Wildman–Crippen LogP) is 3.24. The van der Waals surface area contributed by atoms with Crippen LogP contribution in [-0.2, 0) is 0 Å². The van der Waals surface area contributed by atoms with Crippen molar-refractivity contribution in [2.24, 2.45) is 0 Å². The van der Waals surface area contributed by atoms with Gasteiger partial charge in [-0.3, -0.25) is 4.79 Å². The molecule has 3 aromatic rings. The van der Waals surface area contributed by atoms with Crippen molar-refractivity contribution in [2.45, 2.75) is 6.92 Å². The van der Waals surface area contributed by atoms with Gasteiger partial charge in [0, 0.05) is 0 Å². The molecule has 2 heterocycles. The zero-order valence-electron chi connectivity index (χ0n) is 10.0. The smallest absolute Gasteiger partial charge is 0.235 e. The summed E-state index contributed by atoms with van der Waals surface area (Å²) in [5.41, 5.74) is 0.827. The van der Waals surface area contributed by atoms with Crippen LogP contribution in [0, 0.1) is 6.92 Å². The highest BCUT2D eigenvalue weighted by Crippen LogP contribution is 2.34. The van der Waals surface area contributed by atoms with Crippen LogP contribution < -0.4 is 5.43 Å². The van der Waals surface area contributed by atoms with E-state index in [1.165, 1.54) is 29.5 Å². The highest BCUT2D eigenvalue weighted by atomic mass is 32.1. The van der Waals surface area contributed by atoms with Gasteiger partial charge in [-0.2, -0.15) is 0 Å². The number of phenols is 1. The topological polar surface area (TPSA) is 70.7 Å². The Morgan fingerprint density at radius 1 is 1.21 bits per heavy atom. The standard InChI is InChI=1S/C14H10O4S/c1-7-4-11(19-6-7)14-13(17)12(16)9-5-8(15)2-3-10(9)18-14/h2-6,15,17H,1H3. The molecule has 19 heavy (non-hydrogen) atoms. The van der Waals surface area contributed by atoms with Gasteiger partial charge >= 0.3 is 0 Å². The molecule has 0 saturated carbocycles. The van der Waals surface area contributed by atoms with E-state index in [4.69, 9.17) is 4.42 Å². The first-order valence-electron chi connectivity index (χ1n) is 5.60. The highest BCUT2D eigenvalue weighted by Gasteiger charge is 2.16. The summed E-state index contributed by atoms with van der Waals surface area (Å²) in [5, 5.41) is 21.4. The van der Waals surface area contributed by atoms with Crippen LogP contribution in [0.2, 0.25) is 0 Å². The molecule has 0 amide bonds. The molecule has 2 N–H and O–H groups in total. The Balaban J connectivity index is 2.36. The number of benzene rings is 1. The molecule has 5 heteroatoms. The van der Waals surface area contributed by atoms with E-state index in [2.05, 4.69) is 0 Å². The predicted molar refractivity (Wildman–Crippen MR) is 73.9 cm³/mol. The lowest BCUT2D eigenvalue weighted by atomic mass is 10.2. The molecular weight excluding hydrogens is 264 g/mol. The van der Waals surface area contributed by atoms with Crippen molar-refractivity contribution in [3.8, 4) is 22.1 Å². The zero-order chi connectivity index (χ0) is 13.6. The largest absolute Gasteiger partial charge is 0.508 e. The summed E-state index contributed by atoms with van der Waals surface area (Å²) in [4.78, 5) is 12.8. The minimum Gasteiger partial charge on any atom is -0.508 e. The van der Waals surface area contributed by atoms with Crippen molar-refractivity contribution in [1.82, 2.24) is 0 Å². The van der Waals surface area contributed by atoms with E-state index >= 15 is 0 Å². The number of thiophene rings is 1. The minimum atomic E-state index is -0.543. The average molecular weight is 274 g/mol. The van der Waals surface area contributed by atoms with Crippen molar-refractivity contribution in [3.63, 3.8) is 0 Å². The Bertz CT molecular complexity index is 829. The molecule has 0 bridgehead atoms. The third-order valence-electron chi connectivity index (χ3n) is 2.80. The third kappa shape index (κ3) is 1.88. The second-order valence-electron chi connectivity index (χ2n) is 4.28. The summed E-state index contributed by atoms with van der Waals surface area (Å²) in [7, 11) is 0. The molecule has 2 aromatic heterocycles. The van der Waals surface area contributed by atoms with Crippen molar-refractivity contribution in [2.75, 3.05) is 0 Å². The van der Waals surface area contributed by atoms with E-state index < -0.39 is 11.2 Å². The van der Waals surface area contributed by atoms with Crippen LogP contribution in [0.3, 0.4) is 0 Å². The van der Waals surface area contributed by atoms with Gasteiger partial charge in [0.2, 0.25) is 11.2 Å². The quantitative estimate of drug-likeness (QED) is 0.714. The van der Waals surface area contributed by atoms with E-state index in [-0.39, 0.29) is 16.9 Å². The van der Waals surface area contributed by atoms with E-state index in [1.54, 1.807) is 0 Å². The first kappa shape index (κ1) is 11.8. The molecule has 0 saturated heterocycles. The van der Waals surface area contributed by atoms with E-state index in [1.807, 2.05) is 18.4 Å². The summed E-state index contributed by atoms with van der Waals surface area (Å²) >= 11 is 1.40. The maximum Gasteiger partial charge on any atom is 0.235 e.